The summed E-state index contributed by atoms with van der Waals surface area (Å²) in [6.45, 7) is 4.76. The van der Waals surface area contributed by atoms with Gasteiger partial charge in [-0.15, -0.1) is 0 Å². The van der Waals surface area contributed by atoms with Crippen molar-refractivity contribution in [3.63, 3.8) is 0 Å². The van der Waals surface area contributed by atoms with Gasteiger partial charge in [-0.1, -0.05) is 41.4 Å². The smallest absolute Gasteiger partial charge is 0.299 e. The number of Topliss-reactive ketones (excluding diaryl/α,β-unsaturated/α-hetero) is 1. The summed E-state index contributed by atoms with van der Waals surface area (Å²) in [5.41, 5.74) is 1.08. The Bertz CT molecular complexity index is 547. The predicted molar refractivity (Wildman–Crippen MR) is 84.9 cm³/mol. The molecule has 0 spiro atoms. The van der Waals surface area contributed by atoms with Crippen molar-refractivity contribution in [1.29, 1.82) is 0 Å². The van der Waals surface area contributed by atoms with Crippen molar-refractivity contribution >= 4 is 44.9 Å². The van der Waals surface area contributed by atoms with Crippen LogP contribution in [0.2, 0.25) is 5.02 Å². The number of rotatable bonds is 5. The molecular weight excluding hydrogens is 342 g/mol. The first-order valence-corrected chi connectivity index (χ1v) is 8.19. The molecule has 1 aliphatic heterocycles. The van der Waals surface area contributed by atoms with E-state index in [1.807, 2.05) is 0 Å². The van der Waals surface area contributed by atoms with Crippen LogP contribution in [0.5, 0.6) is 0 Å². The van der Waals surface area contributed by atoms with Crippen LogP contribution in [-0.4, -0.2) is 23.6 Å². The lowest BCUT2D eigenvalue weighted by Crippen LogP contribution is -2.41. The standard InChI is InChI=1S/C15H17BrClNO2/c1-3-15(4-2,8-16)9-18-12-6-5-10(17)7-11(12)13(19)14(18)20/h5-7H,3-4,8-9H2,1-2H3. The van der Waals surface area contributed by atoms with E-state index in [1.54, 1.807) is 23.1 Å². The van der Waals surface area contributed by atoms with E-state index in [-0.39, 0.29) is 5.41 Å². The maximum absolute atomic E-state index is 12.2. The predicted octanol–water partition coefficient (Wildman–Crippen LogP) is 4.07. The molecule has 108 valence electrons. The Labute approximate surface area is 132 Å². The Morgan fingerprint density at radius 1 is 1.25 bits per heavy atom. The van der Waals surface area contributed by atoms with Gasteiger partial charge in [0.25, 0.3) is 11.7 Å². The van der Waals surface area contributed by atoms with Gasteiger partial charge in [0.1, 0.15) is 0 Å². The lowest BCUT2D eigenvalue weighted by molar-refractivity contribution is -0.114. The summed E-state index contributed by atoms with van der Waals surface area (Å²) in [5, 5.41) is 1.28. The average Bonchev–Trinajstić information content (AvgIpc) is 2.69. The number of hydrogen-bond donors (Lipinski definition) is 0. The van der Waals surface area contributed by atoms with Crippen LogP contribution < -0.4 is 4.90 Å². The van der Waals surface area contributed by atoms with E-state index in [2.05, 4.69) is 29.8 Å². The highest BCUT2D eigenvalue weighted by Crippen LogP contribution is 2.37. The van der Waals surface area contributed by atoms with Crippen LogP contribution in [0, 0.1) is 5.41 Å². The van der Waals surface area contributed by atoms with E-state index in [1.165, 1.54) is 0 Å². The molecule has 0 saturated carbocycles. The number of carbonyl (C=O) groups excluding carboxylic acids is 2. The molecule has 3 nitrogen and oxygen atoms in total. The summed E-state index contributed by atoms with van der Waals surface area (Å²) >= 11 is 9.45. The number of amides is 1. The zero-order chi connectivity index (χ0) is 14.9. The summed E-state index contributed by atoms with van der Waals surface area (Å²) in [6, 6.07) is 5.04. The van der Waals surface area contributed by atoms with Gasteiger partial charge < -0.3 is 4.90 Å². The number of fused-ring (bicyclic) bond motifs is 1. The van der Waals surface area contributed by atoms with Crippen LogP contribution in [0.1, 0.15) is 37.0 Å². The van der Waals surface area contributed by atoms with Crippen LogP contribution in [-0.2, 0) is 4.79 Å². The molecular formula is C15H17BrClNO2. The van der Waals surface area contributed by atoms with Crippen molar-refractivity contribution < 1.29 is 9.59 Å². The van der Waals surface area contributed by atoms with Crippen LogP contribution in [0.4, 0.5) is 5.69 Å². The molecule has 5 heteroatoms. The van der Waals surface area contributed by atoms with Gasteiger partial charge in [-0.3, -0.25) is 9.59 Å². The average molecular weight is 359 g/mol. The third-order valence-electron chi connectivity index (χ3n) is 4.21. The van der Waals surface area contributed by atoms with Crippen LogP contribution in [0.25, 0.3) is 0 Å². The summed E-state index contributed by atoms with van der Waals surface area (Å²) in [4.78, 5) is 25.9. The number of anilines is 1. The van der Waals surface area contributed by atoms with Gasteiger partial charge in [-0.05, 0) is 36.5 Å². The molecule has 0 atom stereocenters. The largest absolute Gasteiger partial charge is 0.304 e. The maximum Gasteiger partial charge on any atom is 0.299 e. The zero-order valence-electron chi connectivity index (χ0n) is 11.6. The van der Waals surface area contributed by atoms with Gasteiger partial charge in [0.15, 0.2) is 0 Å². The first-order valence-electron chi connectivity index (χ1n) is 6.69. The van der Waals surface area contributed by atoms with E-state index in [9.17, 15) is 9.59 Å². The van der Waals surface area contributed by atoms with Gasteiger partial charge >= 0.3 is 0 Å². The molecule has 0 aliphatic carbocycles. The SMILES string of the molecule is CCC(CC)(CBr)CN1C(=O)C(=O)c2cc(Cl)ccc21. The monoisotopic (exact) mass is 357 g/mol. The van der Waals surface area contributed by atoms with Crippen LogP contribution >= 0.6 is 27.5 Å². The molecule has 2 rings (SSSR count). The Kier molecular flexibility index (Phi) is 4.55. The molecule has 0 unspecified atom stereocenters. The van der Waals surface area contributed by atoms with E-state index in [4.69, 9.17) is 11.6 Å². The van der Waals surface area contributed by atoms with E-state index in [0.29, 0.717) is 22.8 Å². The summed E-state index contributed by atoms with van der Waals surface area (Å²) in [7, 11) is 0. The molecule has 0 bridgehead atoms. The number of ketones is 1. The molecule has 0 radical (unpaired) electrons. The minimum absolute atomic E-state index is 0.0167. The summed E-state index contributed by atoms with van der Waals surface area (Å²) < 4.78 is 0. The molecule has 0 N–H and O–H groups in total. The number of nitrogens with zero attached hydrogens (tertiary/aromatic N) is 1. The Hall–Kier alpha value is -0.870. The number of hydrogen-bond acceptors (Lipinski definition) is 2. The molecule has 0 saturated heterocycles. The van der Waals surface area contributed by atoms with Crippen molar-refractivity contribution in [2.75, 3.05) is 16.8 Å². The van der Waals surface area contributed by atoms with E-state index < -0.39 is 11.7 Å². The van der Waals surface area contributed by atoms with E-state index >= 15 is 0 Å². The number of carbonyl (C=O) groups is 2. The molecule has 1 aromatic carbocycles. The topological polar surface area (TPSA) is 37.4 Å². The third-order valence-corrected chi connectivity index (χ3v) is 5.64. The molecule has 1 aromatic rings. The highest BCUT2D eigenvalue weighted by Gasteiger charge is 2.40. The van der Waals surface area contributed by atoms with E-state index in [0.717, 1.165) is 18.2 Å². The zero-order valence-corrected chi connectivity index (χ0v) is 13.9. The highest BCUT2D eigenvalue weighted by atomic mass is 79.9. The van der Waals surface area contributed by atoms with Gasteiger partial charge in [0.05, 0.1) is 11.3 Å². The number of benzene rings is 1. The van der Waals surface area contributed by atoms with Crippen molar-refractivity contribution in [3.8, 4) is 0 Å². The van der Waals surface area contributed by atoms with Crippen LogP contribution in [0.15, 0.2) is 18.2 Å². The van der Waals surface area contributed by atoms with Gasteiger partial charge in [-0.2, -0.15) is 0 Å². The Morgan fingerprint density at radius 2 is 1.90 bits per heavy atom. The molecule has 1 amide bonds. The van der Waals surface area contributed by atoms with Gasteiger partial charge in [0.2, 0.25) is 0 Å². The normalized spacial score (nSPS) is 14.9. The Morgan fingerprint density at radius 3 is 2.45 bits per heavy atom. The van der Waals surface area contributed by atoms with Crippen molar-refractivity contribution in [2.45, 2.75) is 26.7 Å². The maximum atomic E-state index is 12.2. The molecule has 0 aromatic heterocycles. The first kappa shape index (κ1) is 15.5. The van der Waals surface area contributed by atoms with Crippen molar-refractivity contribution in [3.05, 3.63) is 28.8 Å². The second-order valence-corrected chi connectivity index (χ2v) is 6.22. The fraction of sp³-hybridized carbons (Fsp3) is 0.467. The first-order chi connectivity index (χ1) is 9.48. The number of alkyl halides is 1. The quantitative estimate of drug-likeness (QED) is 0.588. The third kappa shape index (κ3) is 2.51. The van der Waals surface area contributed by atoms with Crippen molar-refractivity contribution in [2.24, 2.45) is 5.41 Å². The second-order valence-electron chi connectivity index (χ2n) is 5.22. The highest BCUT2D eigenvalue weighted by molar-refractivity contribution is 9.09. The summed E-state index contributed by atoms with van der Waals surface area (Å²) in [5.74, 6) is -0.910. The molecule has 20 heavy (non-hydrogen) atoms. The minimum atomic E-state index is -0.460. The van der Waals surface area contributed by atoms with Gasteiger partial charge in [-0.25, -0.2) is 0 Å². The lowest BCUT2D eigenvalue weighted by Gasteiger charge is -2.34. The Balaban J connectivity index is 2.39. The molecule has 1 heterocycles. The fourth-order valence-corrected chi connectivity index (χ4v) is 3.61. The number of halogens is 2. The molecule has 1 aliphatic rings. The van der Waals surface area contributed by atoms with Crippen LogP contribution in [0.3, 0.4) is 0 Å². The molecule has 0 fully saturated rings. The lowest BCUT2D eigenvalue weighted by atomic mass is 9.84. The van der Waals surface area contributed by atoms with Gasteiger partial charge in [0, 0.05) is 16.9 Å². The second kappa shape index (κ2) is 5.86. The van der Waals surface area contributed by atoms with Crippen molar-refractivity contribution in [1.82, 2.24) is 0 Å². The summed E-state index contributed by atoms with van der Waals surface area (Å²) in [6.07, 6.45) is 1.88. The minimum Gasteiger partial charge on any atom is -0.304 e. The fourth-order valence-electron chi connectivity index (χ4n) is 2.47.